The van der Waals surface area contributed by atoms with E-state index in [0.717, 1.165) is 4.57 Å². The number of benzene rings is 2. The van der Waals surface area contributed by atoms with Crippen LogP contribution in [0.25, 0.3) is 16.7 Å². The second-order valence-corrected chi connectivity index (χ2v) is 7.34. The van der Waals surface area contributed by atoms with Gasteiger partial charge in [0.2, 0.25) is 0 Å². The van der Waals surface area contributed by atoms with Crippen molar-refractivity contribution in [3.63, 3.8) is 0 Å². The molecule has 168 valence electrons. The van der Waals surface area contributed by atoms with Crippen LogP contribution in [-0.4, -0.2) is 34.3 Å². The molecule has 0 bridgehead atoms. The number of halogens is 1. The highest BCUT2D eigenvalue weighted by Gasteiger charge is 2.23. The fourth-order valence-corrected chi connectivity index (χ4v) is 3.67. The minimum absolute atomic E-state index is 0.00847. The molecule has 2 aromatic carbocycles. The number of carbonyl (C=O) groups excluding carboxylic acids is 1. The van der Waals surface area contributed by atoms with E-state index < -0.39 is 23.0 Å². The minimum atomic E-state index is -0.740. The number of methoxy groups -OCH3 is 2. The molecule has 0 spiro atoms. The van der Waals surface area contributed by atoms with Crippen LogP contribution in [0.2, 0.25) is 0 Å². The van der Waals surface area contributed by atoms with Crippen LogP contribution in [0.3, 0.4) is 0 Å². The Balaban J connectivity index is 2.14. The molecule has 0 atom stereocenters. The number of nitrogens with zero attached hydrogens (tertiary/aromatic N) is 3. The van der Waals surface area contributed by atoms with Crippen LogP contribution in [0.15, 0.2) is 64.2 Å². The number of aromatic nitrogens is 3. The average Bonchev–Trinajstić information content (AvgIpc) is 2.81. The Morgan fingerprint density at radius 1 is 1.06 bits per heavy atom. The first-order valence-electron chi connectivity index (χ1n) is 9.98. The quantitative estimate of drug-likeness (QED) is 0.435. The number of carbonyl (C=O) groups is 1. The lowest BCUT2D eigenvalue weighted by Crippen LogP contribution is -2.40. The van der Waals surface area contributed by atoms with Gasteiger partial charge < -0.3 is 9.47 Å². The summed E-state index contributed by atoms with van der Waals surface area (Å²) >= 11 is 0. The maximum atomic E-state index is 13.8. The van der Waals surface area contributed by atoms with Crippen molar-refractivity contribution in [1.29, 1.82) is 0 Å². The Kier molecular flexibility index (Phi) is 5.78. The van der Waals surface area contributed by atoms with Crippen molar-refractivity contribution in [3.05, 3.63) is 98.1 Å². The highest BCUT2D eigenvalue weighted by Crippen LogP contribution is 2.21. The molecular formula is C24H20FN3O5. The second kappa shape index (κ2) is 8.70. The number of fused-ring (bicyclic) bond motifs is 1. The van der Waals surface area contributed by atoms with E-state index in [9.17, 15) is 18.8 Å². The molecule has 0 saturated heterocycles. The number of pyridine rings is 1. The second-order valence-electron chi connectivity index (χ2n) is 7.34. The first-order chi connectivity index (χ1) is 15.8. The number of aryl methyl sites for hydroxylation is 1. The minimum Gasteiger partial charge on any atom is -0.497 e. The molecule has 33 heavy (non-hydrogen) atoms. The molecule has 0 fully saturated rings. The predicted octanol–water partition coefficient (Wildman–Crippen LogP) is 2.84. The van der Waals surface area contributed by atoms with Gasteiger partial charge in [-0.15, -0.1) is 0 Å². The van der Waals surface area contributed by atoms with Crippen molar-refractivity contribution in [2.45, 2.75) is 13.5 Å². The van der Waals surface area contributed by atoms with Crippen molar-refractivity contribution in [3.8, 4) is 11.4 Å². The molecule has 4 aromatic rings. The molecule has 2 heterocycles. The Morgan fingerprint density at radius 3 is 2.52 bits per heavy atom. The zero-order chi connectivity index (χ0) is 23.7. The molecule has 0 aliphatic heterocycles. The smallest absolute Gasteiger partial charge is 0.338 e. The zero-order valence-corrected chi connectivity index (χ0v) is 18.2. The van der Waals surface area contributed by atoms with Crippen molar-refractivity contribution < 1.29 is 18.7 Å². The largest absolute Gasteiger partial charge is 0.497 e. The molecule has 9 heteroatoms. The van der Waals surface area contributed by atoms with E-state index >= 15 is 0 Å². The molecular weight excluding hydrogens is 429 g/mol. The zero-order valence-electron chi connectivity index (χ0n) is 18.2. The molecule has 0 unspecified atom stereocenters. The SMILES string of the molecule is COC(=O)c1cc(C)nc2c1c(=O)n(Cc1cccc(F)c1)c(=O)n2-c1cccc(OC)c1. The third kappa shape index (κ3) is 4.00. The van der Waals surface area contributed by atoms with Gasteiger partial charge in [-0.25, -0.2) is 23.5 Å². The molecule has 2 aromatic heterocycles. The number of hydrogen-bond donors (Lipinski definition) is 0. The van der Waals surface area contributed by atoms with E-state index in [1.807, 2.05) is 0 Å². The van der Waals surface area contributed by atoms with Gasteiger partial charge in [-0.3, -0.25) is 9.36 Å². The number of rotatable bonds is 5. The van der Waals surface area contributed by atoms with Crippen LogP contribution in [0.4, 0.5) is 4.39 Å². The first-order valence-corrected chi connectivity index (χ1v) is 9.98. The molecule has 0 aliphatic rings. The van der Waals surface area contributed by atoms with Gasteiger partial charge in [0.15, 0.2) is 5.65 Å². The van der Waals surface area contributed by atoms with Crippen molar-refractivity contribution in [2.24, 2.45) is 0 Å². The highest BCUT2D eigenvalue weighted by molar-refractivity contribution is 6.02. The standard InChI is InChI=1S/C24H20FN3O5/c1-14-10-19(23(30)33-3)20-21(26-14)28(17-8-5-9-18(12-17)32-2)24(31)27(22(20)29)13-15-6-4-7-16(25)11-15/h4-12H,13H2,1-3H3. The summed E-state index contributed by atoms with van der Waals surface area (Å²) in [6, 6.07) is 13.7. The lowest BCUT2D eigenvalue weighted by Gasteiger charge is -2.16. The van der Waals surface area contributed by atoms with E-state index in [1.54, 1.807) is 37.3 Å². The van der Waals surface area contributed by atoms with Gasteiger partial charge in [-0.1, -0.05) is 18.2 Å². The van der Waals surface area contributed by atoms with E-state index in [0.29, 0.717) is 22.7 Å². The van der Waals surface area contributed by atoms with Crippen molar-refractivity contribution >= 4 is 17.0 Å². The first kappa shape index (κ1) is 21.9. The fraction of sp³-hybridized carbons (Fsp3) is 0.167. The number of ether oxygens (including phenoxy) is 2. The maximum absolute atomic E-state index is 13.8. The summed E-state index contributed by atoms with van der Waals surface area (Å²) in [5.41, 5.74) is -0.230. The third-order valence-corrected chi connectivity index (χ3v) is 5.17. The van der Waals surface area contributed by atoms with Gasteiger partial charge in [-0.05, 0) is 42.8 Å². The molecule has 0 radical (unpaired) electrons. The highest BCUT2D eigenvalue weighted by atomic mass is 19.1. The van der Waals surface area contributed by atoms with Crippen LogP contribution in [-0.2, 0) is 11.3 Å². The number of hydrogen-bond acceptors (Lipinski definition) is 6. The summed E-state index contributed by atoms with van der Waals surface area (Å²) in [4.78, 5) is 44.0. The van der Waals surface area contributed by atoms with Gasteiger partial charge in [0.05, 0.1) is 37.4 Å². The molecule has 0 amide bonds. The van der Waals surface area contributed by atoms with Crippen molar-refractivity contribution in [1.82, 2.24) is 14.1 Å². The normalized spacial score (nSPS) is 10.9. The summed E-state index contributed by atoms with van der Waals surface area (Å²) in [7, 11) is 2.69. The molecule has 0 N–H and O–H groups in total. The van der Waals surface area contributed by atoms with Crippen LogP contribution >= 0.6 is 0 Å². The van der Waals surface area contributed by atoms with Gasteiger partial charge in [0, 0.05) is 11.8 Å². The Hall–Kier alpha value is -4.27. The molecule has 8 nitrogen and oxygen atoms in total. The Bertz CT molecular complexity index is 1510. The molecule has 0 saturated carbocycles. The van der Waals surface area contributed by atoms with E-state index in [-0.39, 0.29) is 23.1 Å². The van der Waals surface area contributed by atoms with E-state index in [2.05, 4.69) is 4.98 Å². The summed E-state index contributed by atoms with van der Waals surface area (Å²) in [5, 5.41) is -0.0775. The Morgan fingerprint density at radius 2 is 1.82 bits per heavy atom. The van der Waals surface area contributed by atoms with Crippen molar-refractivity contribution in [2.75, 3.05) is 14.2 Å². The van der Waals surface area contributed by atoms with Crippen LogP contribution in [0.5, 0.6) is 5.75 Å². The topological polar surface area (TPSA) is 92.4 Å². The van der Waals surface area contributed by atoms with Gasteiger partial charge in [0.1, 0.15) is 11.6 Å². The summed E-state index contributed by atoms with van der Waals surface area (Å²) in [6.07, 6.45) is 0. The van der Waals surface area contributed by atoms with Gasteiger partial charge >= 0.3 is 11.7 Å². The number of esters is 1. The van der Waals surface area contributed by atoms with Crippen LogP contribution in [0, 0.1) is 12.7 Å². The maximum Gasteiger partial charge on any atom is 0.338 e. The molecule has 4 rings (SSSR count). The summed E-state index contributed by atoms with van der Waals surface area (Å²) in [5.74, 6) is -0.756. The predicted molar refractivity (Wildman–Crippen MR) is 120 cm³/mol. The van der Waals surface area contributed by atoms with Crippen LogP contribution < -0.4 is 16.0 Å². The summed E-state index contributed by atoms with van der Waals surface area (Å²) in [6.45, 7) is 1.44. The molecule has 0 aliphatic carbocycles. The van der Waals surface area contributed by atoms with E-state index in [1.165, 1.54) is 43.1 Å². The van der Waals surface area contributed by atoms with Crippen LogP contribution in [0.1, 0.15) is 21.6 Å². The van der Waals surface area contributed by atoms with E-state index in [4.69, 9.17) is 9.47 Å². The Labute approximate surface area is 187 Å². The monoisotopic (exact) mass is 449 g/mol. The lowest BCUT2D eigenvalue weighted by molar-refractivity contribution is 0.0602. The van der Waals surface area contributed by atoms with Gasteiger partial charge in [-0.2, -0.15) is 0 Å². The average molecular weight is 449 g/mol. The fourth-order valence-electron chi connectivity index (χ4n) is 3.67. The summed E-state index contributed by atoms with van der Waals surface area (Å²) < 4.78 is 26.1. The lowest BCUT2D eigenvalue weighted by atomic mass is 10.1. The third-order valence-electron chi connectivity index (χ3n) is 5.17. The van der Waals surface area contributed by atoms with Gasteiger partial charge in [0.25, 0.3) is 5.56 Å².